The van der Waals surface area contributed by atoms with Crippen LogP contribution in [0.1, 0.15) is 4.88 Å². The summed E-state index contributed by atoms with van der Waals surface area (Å²) in [7, 11) is 1.56. The second-order valence-corrected chi connectivity index (χ2v) is 5.41. The van der Waals surface area contributed by atoms with Gasteiger partial charge in [0.25, 0.3) is 0 Å². The standard InChI is InChI=1S/C15H14N4OS/c1-20-13-8-7-11(18-19-13)15-17-14(12(9-16)21-15)10-5-3-2-4-6-10/h2-8H,9,16H2,1H3. The monoisotopic (exact) mass is 298 g/mol. The predicted molar refractivity (Wildman–Crippen MR) is 83.0 cm³/mol. The lowest BCUT2D eigenvalue weighted by molar-refractivity contribution is 0.392. The Morgan fingerprint density at radius 2 is 1.90 bits per heavy atom. The van der Waals surface area contributed by atoms with Gasteiger partial charge in [-0.3, -0.25) is 0 Å². The van der Waals surface area contributed by atoms with Crippen molar-refractivity contribution in [3.63, 3.8) is 0 Å². The molecule has 0 fully saturated rings. The van der Waals surface area contributed by atoms with Crippen LogP contribution >= 0.6 is 11.3 Å². The Balaban J connectivity index is 2.02. The highest BCUT2D eigenvalue weighted by Crippen LogP contribution is 2.32. The molecule has 106 valence electrons. The number of nitrogens with zero attached hydrogens (tertiary/aromatic N) is 3. The summed E-state index contributed by atoms with van der Waals surface area (Å²) in [6, 6.07) is 13.6. The summed E-state index contributed by atoms with van der Waals surface area (Å²) in [4.78, 5) is 5.71. The van der Waals surface area contributed by atoms with E-state index in [-0.39, 0.29) is 0 Å². The average molecular weight is 298 g/mol. The molecule has 2 heterocycles. The molecule has 0 atom stereocenters. The van der Waals surface area contributed by atoms with Crippen LogP contribution in [0.15, 0.2) is 42.5 Å². The van der Waals surface area contributed by atoms with Gasteiger partial charge in [0.1, 0.15) is 10.7 Å². The van der Waals surface area contributed by atoms with Gasteiger partial charge in [0.15, 0.2) is 0 Å². The minimum atomic E-state index is 0.450. The first-order valence-corrected chi connectivity index (χ1v) is 7.26. The van der Waals surface area contributed by atoms with Crippen molar-refractivity contribution >= 4 is 11.3 Å². The zero-order chi connectivity index (χ0) is 14.7. The van der Waals surface area contributed by atoms with Gasteiger partial charge in [-0.1, -0.05) is 30.3 Å². The molecular formula is C15H14N4OS. The van der Waals surface area contributed by atoms with Crippen molar-refractivity contribution < 1.29 is 4.74 Å². The van der Waals surface area contributed by atoms with Crippen LogP contribution in [0.25, 0.3) is 22.0 Å². The van der Waals surface area contributed by atoms with E-state index >= 15 is 0 Å². The summed E-state index contributed by atoms with van der Waals surface area (Å²) in [5.41, 5.74) is 8.53. The fourth-order valence-electron chi connectivity index (χ4n) is 1.96. The average Bonchev–Trinajstić information content (AvgIpc) is 3.00. The molecule has 0 aliphatic carbocycles. The van der Waals surface area contributed by atoms with E-state index in [1.54, 1.807) is 24.5 Å². The molecule has 0 amide bonds. The number of benzene rings is 1. The number of methoxy groups -OCH3 is 1. The van der Waals surface area contributed by atoms with E-state index in [4.69, 9.17) is 10.5 Å². The Morgan fingerprint density at radius 3 is 2.52 bits per heavy atom. The Morgan fingerprint density at radius 1 is 1.10 bits per heavy atom. The summed E-state index contributed by atoms with van der Waals surface area (Å²) >= 11 is 1.54. The van der Waals surface area contributed by atoms with E-state index in [1.165, 1.54) is 0 Å². The molecule has 5 nitrogen and oxygen atoms in total. The lowest BCUT2D eigenvalue weighted by Crippen LogP contribution is -1.95. The molecule has 0 radical (unpaired) electrons. The fraction of sp³-hybridized carbons (Fsp3) is 0.133. The van der Waals surface area contributed by atoms with Crippen LogP contribution < -0.4 is 10.5 Å². The van der Waals surface area contributed by atoms with E-state index in [0.29, 0.717) is 12.4 Å². The summed E-state index contributed by atoms with van der Waals surface area (Å²) < 4.78 is 5.01. The molecule has 0 unspecified atom stereocenters. The lowest BCUT2D eigenvalue weighted by atomic mass is 10.1. The van der Waals surface area contributed by atoms with Crippen LogP contribution in [0.2, 0.25) is 0 Å². The van der Waals surface area contributed by atoms with Gasteiger partial charge in [-0.2, -0.15) is 0 Å². The Hall–Kier alpha value is -2.31. The zero-order valence-corrected chi connectivity index (χ0v) is 12.3. The summed E-state index contributed by atoms with van der Waals surface area (Å²) in [5, 5.41) is 8.92. The van der Waals surface area contributed by atoms with Crippen LogP contribution in [0.3, 0.4) is 0 Å². The van der Waals surface area contributed by atoms with Gasteiger partial charge in [0.2, 0.25) is 5.88 Å². The number of hydrogen-bond donors (Lipinski definition) is 1. The van der Waals surface area contributed by atoms with E-state index < -0.39 is 0 Å². The van der Waals surface area contributed by atoms with Gasteiger partial charge in [0, 0.05) is 23.1 Å². The minimum Gasteiger partial charge on any atom is -0.480 e. The van der Waals surface area contributed by atoms with Gasteiger partial charge >= 0.3 is 0 Å². The highest BCUT2D eigenvalue weighted by molar-refractivity contribution is 7.15. The third kappa shape index (κ3) is 2.76. The topological polar surface area (TPSA) is 73.9 Å². The van der Waals surface area contributed by atoms with Crippen LogP contribution in [-0.4, -0.2) is 22.3 Å². The minimum absolute atomic E-state index is 0.450. The number of aromatic nitrogens is 3. The molecule has 0 aliphatic rings. The normalized spacial score (nSPS) is 10.6. The first-order chi connectivity index (χ1) is 10.3. The maximum atomic E-state index is 5.84. The van der Waals surface area contributed by atoms with Crippen molar-refractivity contribution in [1.29, 1.82) is 0 Å². The first kappa shape index (κ1) is 13.7. The van der Waals surface area contributed by atoms with Gasteiger partial charge in [-0.15, -0.1) is 21.5 Å². The molecular weight excluding hydrogens is 284 g/mol. The molecule has 0 bridgehead atoms. The van der Waals surface area contributed by atoms with Crippen molar-refractivity contribution in [2.45, 2.75) is 6.54 Å². The fourth-order valence-corrected chi connectivity index (χ4v) is 2.89. The van der Waals surface area contributed by atoms with Crippen molar-refractivity contribution in [3.05, 3.63) is 47.3 Å². The van der Waals surface area contributed by atoms with Gasteiger partial charge < -0.3 is 10.5 Å². The highest BCUT2D eigenvalue weighted by atomic mass is 32.1. The van der Waals surface area contributed by atoms with E-state index in [9.17, 15) is 0 Å². The van der Waals surface area contributed by atoms with Crippen molar-refractivity contribution in [2.75, 3.05) is 7.11 Å². The van der Waals surface area contributed by atoms with E-state index in [2.05, 4.69) is 15.2 Å². The Kier molecular flexibility index (Phi) is 3.89. The SMILES string of the molecule is COc1ccc(-c2nc(-c3ccccc3)c(CN)s2)nn1. The number of nitrogens with two attached hydrogens (primary N) is 1. The molecule has 6 heteroatoms. The first-order valence-electron chi connectivity index (χ1n) is 6.45. The molecule has 2 aromatic heterocycles. The largest absolute Gasteiger partial charge is 0.480 e. The van der Waals surface area contributed by atoms with E-state index in [1.807, 2.05) is 36.4 Å². The third-order valence-electron chi connectivity index (χ3n) is 3.00. The summed E-state index contributed by atoms with van der Waals surface area (Å²) in [6.45, 7) is 0.450. The van der Waals surface area contributed by atoms with Crippen molar-refractivity contribution in [1.82, 2.24) is 15.2 Å². The number of ether oxygens (including phenoxy) is 1. The number of hydrogen-bond acceptors (Lipinski definition) is 6. The maximum Gasteiger partial charge on any atom is 0.233 e. The summed E-state index contributed by atoms with van der Waals surface area (Å²) in [6.07, 6.45) is 0. The van der Waals surface area contributed by atoms with Crippen molar-refractivity contribution in [2.24, 2.45) is 5.73 Å². The second kappa shape index (κ2) is 5.99. The molecule has 2 N–H and O–H groups in total. The van der Waals surface area contributed by atoms with Crippen molar-refractivity contribution in [3.8, 4) is 27.8 Å². The van der Waals surface area contributed by atoms with E-state index in [0.717, 1.165) is 26.8 Å². The summed E-state index contributed by atoms with van der Waals surface area (Å²) in [5.74, 6) is 0.484. The Labute approximate surface area is 126 Å². The molecule has 0 saturated carbocycles. The predicted octanol–water partition coefficient (Wildman–Crippen LogP) is 2.73. The van der Waals surface area contributed by atoms with Crippen LogP contribution in [0.5, 0.6) is 5.88 Å². The lowest BCUT2D eigenvalue weighted by Gasteiger charge is -1.99. The second-order valence-electron chi connectivity index (χ2n) is 4.32. The van der Waals surface area contributed by atoms with Crippen LogP contribution in [0.4, 0.5) is 0 Å². The molecule has 0 saturated heterocycles. The maximum absolute atomic E-state index is 5.84. The van der Waals surface area contributed by atoms with Gasteiger partial charge in [0.05, 0.1) is 12.8 Å². The van der Waals surface area contributed by atoms with Gasteiger partial charge in [-0.25, -0.2) is 4.98 Å². The zero-order valence-electron chi connectivity index (χ0n) is 11.5. The number of thiazole rings is 1. The third-order valence-corrected chi connectivity index (χ3v) is 4.10. The van der Waals surface area contributed by atoms with Crippen LogP contribution in [-0.2, 0) is 6.54 Å². The quantitative estimate of drug-likeness (QED) is 0.801. The Bertz CT molecular complexity index is 725. The molecule has 0 spiro atoms. The molecule has 1 aromatic carbocycles. The van der Waals surface area contributed by atoms with Gasteiger partial charge in [-0.05, 0) is 6.07 Å². The smallest absolute Gasteiger partial charge is 0.233 e. The van der Waals surface area contributed by atoms with Crippen LogP contribution in [0, 0.1) is 0 Å². The molecule has 0 aliphatic heterocycles. The molecule has 21 heavy (non-hydrogen) atoms. The molecule has 3 aromatic rings. The molecule has 3 rings (SSSR count). The highest BCUT2D eigenvalue weighted by Gasteiger charge is 2.14. The number of rotatable bonds is 4.